The zero-order valence-electron chi connectivity index (χ0n) is 9.59. The summed E-state index contributed by atoms with van der Waals surface area (Å²) in [4.78, 5) is 27.4. The molecule has 2 rings (SSSR count). The lowest BCUT2D eigenvalue weighted by atomic mass is 10.3. The highest BCUT2D eigenvalue weighted by molar-refractivity contribution is 7.12. The van der Waals surface area contributed by atoms with Gasteiger partial charge in [0.2, 0.25) is 0 Å². The van der Waals surface area contributed by atoms with Crippen LogP contribution < -0.4 is 0 Å². The molecule has 0 spiro atoms. The quantitative estimate of drug-likeness (QED) is 0.758. The van der Waals surface area contributed by atoms with Crippen LogP contribution in [0.25, 0.3) is 0 Å². The number of hydrogen-bond acceptors (Lipinski definition) is 4. The molecule has 1 saturated heterocycles. The van der Waals surface area contributed by atoms with E-state index in [1.165, 1.54) is 18.4 Å². The molecule has 0 radical (unpaired) electrons. The zero-order chi connectivity index (χ0) is 12.3. The zero-order valence-corrected chi connectivity index (χ0v) is 10.4. The van der Waals surface area contributed by atoms with Gasteiger partial charge < -0.3 is 14.5 Å². The first-order valence-electron chi connectivity index (χ1n) is 5.38. The fraction of sp³-hybridized carbons (Fsp3) is 0.455. The van der Waals surface area contributed by atoms with Crippen molar-refractivity contribution in [2.75, 3.05) is 33.3 Å². The minimum Gasteiger partial charge on any atom is -0.453 e. The summed E-state index contributed by atoms with van der Waals surface area (Å²) in [5, 5.41) is 1.89. The number of ether oxygens (including phenoxy) is 1. The molecule has 2 heterocycles. The molecular formula is C11H14N2O3S. The first kappa shape index (κ1) is 11.9. The van der Waals surface area contributed by atoms with Crippen LogP contribution in [0.3, 0.4) is 0 Å². The van der Waals surface area contributed by atoms with Gasteiger partial charge in [0.1, 0.15) is 0 Å². The maximum Gasteiger partial charge on any atom is 0.409 e. The second-order valence-electron chi connectivity index (χ2n) is 3.73. The molecule has 0 N–H and O–H groups in total. The van der Waals surface area contributed by atoms with Gasteiger partial charge in [-0.1, -0.05) is 6.07 Å². The Morgan fingerprint density at radius 2 is 1.88 bits per heavy atom. The van der Waals surface area contributed by atoms with E-state index in [1.807, 2.05) is 17.5 Å². The van der Waals surface area contributed by atoms with Crippen LogP contribution in [0.5, 0.6) is 0 Å². The molecule has 1 aromatic rings. The molecular weight excluding hydrogens is 240 g/mol. The van der Waals surface area contributed by atoms with Crippen LogP contribution in [-0.2, 0) is 4.74 Å². The SMILES string of the molecule is COC(=O)N1CCN(C(=O)c2cccs2)CC1. The first-order valence-corrected chi connectivity index (χ1v) is 6.26. The average molecular weight is 254 g/mol. The molecule has 5 nitrogen and oxygen atoms in total. The van der Waals surface area contributed by atoms with Crippen molar-refractivity contribution in [3.05, 3.63) is 22.4 Å². The molecule has 1 aliphatic heterocycles. The van der Waals surface area contributed by atoms with Crippen molar-refractivity contribution in [1.29, 1.82) is 0 Å². The second kappa shape index (κ2) is 5.18. The number of rotatable bonds is 1. The first-order chi connectivity index (χ1) is 8.22. The lowest BCUT2D eigenvalue weighted by molar-refractivity contribution is 0.0604. The van der Waals surface area contributed by atoms with Crippen molar-refractivity contribution >= 4 is 23.3 Å². The Labute approximate surface area is 104 Å². The Morgan fingerprint density at radius 1 is 1.24 bits per heavy atom. The van der Waals surface area contributed by atoms with Crippen LogP contribution in [0, 0.1) is 0 Å². The van der Waals surface area contributed by atoms with Crippen molar-refractivity contribution < 1.29 is 14.3 Å². The summed E-state index contributed by atoms with van der Waals surface area (Å²) in [6, 6.07) is 3.68. The lowest BCUT2D eigenvalue weighted by Crippen LogP contribution is -2.50. The molecule has 92 valence electrons. The Kier molecular flexibility index (Phi) is 3.63. The van der Waals surface area contributed by atoms with E-state index in [-0.39, 0.29) is 12.0 Å². The summed E-state index contributed by atoms with van der Waals surface area (Å²) in [7, 11) is 1.37. The molecule has 6 heteroatoms. The molecule has 17 heavy (non-hydrogen) atoms. The molecule has 0 atom stereocenters. The Bertz CT molecular complexity index is 397. The smallest absolute Gasteiger partial charge is 0.409 e. The summed E-state index contributed by atoms with van der Waals surface area (Å²) in [6.45, 7) is 2.19. The van der Waals surface area contributed by atoms with Crippen LogP contribution in [0.2, 0.25) is 0 Å². The third-order valence-electron chi connectivity index (χ3n) is 2.73. The van der Waals surface area contributed by atoms with E-state index in [2.05, 4.69) is 4.74 Å². The monoisotopic (exact) mass is 254 g/mol. The largest absolute Gasteiger partial charge is 0.453 e. The number of amides is 2. The Hall–Kier alpha value is -1.56. The van der Waals surface area contributed by atoms with Gasteiger partial charge in [-0.15, -0.1) is 11.3 Å². The summed E-state index contributed by atoms with van der Waals surface area (Å²) in [5.41, 5.74) is 0. The van der Waals surface area contributed by atoms with Gasteiger partial charge in [0.15, 0.2) is 0 Å². The van der Waals surface area contributed by atoms with E-state index >= 15 is 0 Å². The van der Waals surface area contributed by atoms with E-state index < -0.39 is 0 Å². The molecule has 0 aliphatic carbocycles. The molecule has 2 amide bonds. The number of carbonyl (C=O) groups is 2. The third kappa shape index (κ3) is 2.58. The minimum atomic E-state index is -0.326. The van der Waals surface area contributed by atoms with Gasteiger partial charge in [-0.2, -0.15) is 0 Å². The van der Waals surface area contributed by atoms with E-state index in [0.717, 1.165) is 4.88 Å². The minimum absolute atomic E-state index is 0.0458. The van der Waals surface area contributed by atoms with Gasteiger partial charge in [-0.05, 0) is 11.4 Å². The van der Waals surface area contributed by atoms with Crippen LogP contribution in [0.4, 0.5) is 4.79 Å². The Morgan fingerprint density at radius 3 is 2.41 bits per heavy atom. The van der Waals surface area contributed by atoms with Crippen LogP contribution >= 0.6 is 11.3 Å². The summed E-state index contributed by atoms with van der Waals surface area (Å²) in [5.74, 6) is 0.0458. The topological polar surface area (TPSA) is 49.9 Å². The molecule has 0 bridgehead atoms. The van der Waals surface area contributed by atoms with E-state index in [0.29, 0.717) is 26.2 Å². The van der Waals surface area contributed by atoms with E-state index in [4.69, 9.17) is 0 Å². The van der Waals surface area contributed by atoms with Crippen molar-refractivity contribution in [2.45, 2.75) is 0 Å². The van der Waals surface area contributed by atoms with Crippen molar-refractivity contribution in [3.8, 4) is 0 Å². The van der Waals surface area contributed by atoms with Crippen molar-refractivity contribution in [1.82, 2.24) is 9.80 Å². The molecule has 0 saturated carbocycles. The lowest BCUT2D eigenvalue weighted by Gasteiger charge is -2.33. The van der Waals surface area contributed by atoms with E-state index in [9.17, 15) is 9.59 Å². The highest BCUT2D eigenvalue weighted by atomic mass is 32.1. The number of thiophene rings is 1. The summed E-state index contributed by atoms with van der Waals surface area (Å²) >= 11 is 1.44. The predicted octanol–water partition coefficient (Wildman–Crippen LogP) is 1.27. The number of carbonyl (C=O) groups excluding carboxylic acids is 2. The van der Waals surface area contributed by atoms with E-state index in [1.54, 1.807) is 9.80 Å². The Balaban J connectivity index is 1.91. The van der Waals surface area contributed by atoms with Gasteiger partial charge >= 0.3 is 6.09 Å². The maximum atomic E-state index is 12.0. The molecule has 0 aromatic carbocycles. The molecule has 0 unspecified atom stereocenters. The summed E-state index contributed by atoms with van der Waals surface area (Å²) < 4.78 is 4.64. The van der Waals surface area contributed by atoms with Crippen molar-refractivity contribution in [2.24, 2.45) is 0 Å². The highest BCUT2D eigenvalue weighted by Crippen LogP contribution is 2.13. The number of methoxy groups -OCH3 is 1. The third-order valence-corrected chi connectivity index (χ3v) is 3.59. The number of piperazine rings is 1. The fourth-order valence-corrected chi connectivity index (χ4v) is 2.47. The average Bonchev–Trinajstić information content (AvgIpc) is 2.91. The maximum absolute atomic E-state index is 12.0. The molecule has 1 aliphatic rings. The number of nitrogens with zero attached hydrogens (tertiary/aromatic N) is 2. The van der Waals surface area contributed by atoms with Gasteiger partial charge in [0.25, 0.3) is 5.91 Å². The highest BCUT2D eigenvalue weighted by Gasteiger charge is 2.25. The van der Waals surface area contributed by atoms with Crippen LogP contribution in [0.1, 0.15) is 9.67 Å². The standard InChI is InChI=1S/C11H14N2O3S/c1-16-11(15)13-6-4-12(5-7-13)10(14)9-3-2-8-17-9/h2-3,8H,4-7H2,1H3. The van der Waals surface area contributed by atoms with Crippen LogP contribution in [-0.4, -0.2) is 55.1 Å². The van der Waals surface area contributed by atoms with Gasteiger partial charge in [0, 0.05) is 26.2 Å². The predicted molar refractivity (Wildman–Crippen MR) is 64.2 cm³/mol. The van der Waals surface area contributed by atoms with Gasteiger partial charge in [-0.25, -0.2) is 4.79 Å². The summed E-state index contributed by atoms with van der Waals surface area (Å²) in [6.07, 6.45) is -0.326. The van der Waals surface area contributed by atoms with Gasteiger partial charge in [-0.3, -0.25) is 4.79 Å². The molecule has 1 aromatic heterocycles. The van der Waals surface area contributed by atoms with Crippen LogP contribution in [0.15, 0.2) is 17.5 Å². The van der Waals surface area contributed by atoms with Gasteiger partial charge in [0.05, 0.1) is 12.0 Å². The fourth-order valence-electron chi connectivity index (χ4n) is 1.78. The van der Waals surface area contributed by atoms with Crippen molar-refractivity contribution in [3.63, 3.8) is 0 Å². The number of hydrogen-bond donors (Lipinski definition) is 0. The normalized spacial score (nSPS) is 15.8. The molecule has 1 fully saturated rings. The second-order valence-corrected chi connectivity index (χ2v) is 4.67.